The summed E-state index contributed by atoms with van der Waals surface area (Å²) in [4.78, 5) is 2.45. The molecule has 1 aliphatic heterocycles. The van der Waals surface area contributed by atoms with Gasteiger partial charge in [-0.2, -0.15) is 0 Å². The van der Waals surface area contributed by atoms with Gasteiger partial charge in [0, 0.05) is 11.6 Å². The van der Waals surface area contributed by atoms with Crippen molar-refractivity contribution in [3.63, 3.8) is 0 Å². The molecule has 1 unspecified atom stereocenters. The van der Waals surface area contributed by atoms with Crippen molar-refractivity contribution < 1.29 is 8.78 Å². The molecule has 0 bridgehead atoms. The number of rotatable bonds is 5. The van der Waals surface area contributed by atoms with Crippen LogP contribution in [-0.2, 0) is 0 Å². The Hall–Kier alpha value is -1.00. The summed E-state index contributed by atoms with van der Waals surface area (Å²) in [5.41, 5.74) is 0.777. The molecule has 2 nitrogen and oxygen atoms in total. The van der Waals surface area contributed by atoms with Gasteiger partial charge in [-0.3, -0.25) is 0 Å². The molecule has 4 heteroatoms. The van der Waals surface area contributed by atoms with Crippen LogP contribution in [0.3, 0.4) is 0 Å². The van der Waals surface area contributed by atoms with Crippen LogP contribution in [0.25, 0.3) is 0 Å². The minimum atomic E-state index is -0.337. The van der Waals surface area contributed by atoms with E-state index in [1.807, 2.05) is 6.92 Å². The van der Waals surface area contributed by atoms with E-state index >= 15 is 0 Å². The number of nitrogens with one attached hydrogen (secondary N) is 1. The number of halogens is 2. The van der Waals surface area contributed by atoms with Gasteiger partial charge in [0.2, 0.25) is 0 Å². The molecule has 0 aromatic heterocycles. The van der Waals surface area contributed by atoms with E-state index in [0.29, 0.717) is 17.0 Å². The molecule has 1 aromatic rings. The van der Waals surface area contributed by atoms with E-state index in [0.717, 1.165) is 26.2 Å². The first-order valence-corrected chi connectivity index (χ1v) is 7.92. The highest BCUT2D eigenvalue weighted by molar-refractivity contribution is 5.27. The predicted octanol–water partition coefficient (Wildman–Crippen LogP) is 3.66. The van der Waals surface area contributed by atoms with Crippen molar-refractivity contribution in [3.8, 4) is 0 Å². The molecule has 0 saturated carbocycles. The van der Waals surface area contributed by atoms with Crippen molar-refractivity contribution in [1.82, 2.24) is 10.2 Å². The van der Waals surface area contributed by atoms with Crippen LogP contribution in [0, 0.1) is 24.5 Å². The van der Waals surface area contributed by atoms with Gasteiger partial charge in [0.25, 0.3) is 0 Å². The highest BCUT2D eigenvalue weighted by Crippen LogP contribution is 2.22. The second-order valence-corrected chi connectivity index (χ2v) is 6.13. The van der Waals surface area contributed by atoms with Gasteiger partial charge in [-0.25, -0.2) is 8.78 Å². The fourth-order valence-corrected chi connectivity index (χ4v) is 2.95. The van der Waals surface area contributed by atoms with Crippen LogP contribution >= 0.6 is 0 Å². The molecule has 0 amide bonds. The fourth-order valence-electron chi connectivity index (χ4n) is 2.95. The number of likely N-dealkylation sites (tertiary alicyclic amines) is 1. The Morgan fingerprint density at radius 1 is 1.24 bits per heavy atom. The van der Waals surface area contributed by atoms with Gasteiger partial charge in [0.15, 0.2) is 0 Å². The smallest absolute Gasteiger partial charge is 0.128 e. The normalized spacial score (nSPS) is 18.9. The second kappa shape index (κ2) is 7.32. The molecule has 0 aliphatic carbocycles. The maximum absolute atomic E-state index is 13.9. The first-order valence-electron chi connectivity index (χ1n) is 7.92. The van der Waals surface area contributed by atoms with Crippen LogP contribution < -0.4 is 5.32 Å². The van der Waals surface area contributed by atoms with E-state index in [2.05, 4.69) is 17.1 Å². The monoisotopic (exact) mass is 296 g/mol. The summed E-state index contributed by atoms with van der Waals surface area (Å²) in [7, 11) is 0. The molecule has 118 valence electrons. The summed E-state index contributed by atoms with van der Waals surface area (Å²) in [5.74, 6) is -0.0281. The first kappa shape index (κ1) is 16.4. The van der Waals surface area contributed by atoms with E-state index in [-0.39, 0.29) is 17.7 Å². The van der Waals surface area contributed by atoms with Crippen LogP contribution in [0.5, 0.6) is 0 Å². The number of nitrogens with zero attached hydrogens (tertiary/aromatic N) is 1. The van der Waals surface area contributed by atoms with Crippen molar-refractivity contribution in [3.05, 3.63) is 34.9 Å². The molecule has 1 fully saturated rings. The minimum Gasteiger partial charge on any atom is -0.310 e. The van der Waals surface area contributed by atoms with Crippen molar-refractivity contribution in [2.45, 2.75) is 39.7 Å². The van der Waals surface area contributed by atoms with Crippen LogP contribution in [0.1, 0.15) is 43.9 Å². The Bertz CT molecular complexity index is 468. The highest BCUT2D eigenvalue weighted by Gasteiger charge is 2.20. The number of piperidine rings is 1. The Morgan fingerprint density at radius 2 is 1.90 bits per heavy atom. The van der Waals surface area contributed by atoms with Gasteiger partial charge >= 0.3 is 0 Å². The van der Waals surface area contributed by atoms with E-state index < -0.39 is 0 Å². The maximum atomic E-state index is 13.9. The summed E-state index contributed by atoms with van der Waals surface area (Å²) in [5, 5.41) is 3.36. The minimum absolute atomic E-state index is 0.163. The SMILES string of the molecule is CCN1CCC(CNC(C)c2cc(F)c(C)cc2F)CC1. The molecule has 0 spiro atoms. The highest BCUT2D eigenvalue weighted by atomic mass is 19.1. The average Bonchev–Trinajstić information content (AvgIpc) is 2.49. The number of aryl methyl sites for hydroxylation is 1. The molecule has 1 heterocycles. The fraction of sp³-hybridized carbons (Fsp3) is 0.647. The third-order valence-electron chi connectivity index (χ3n) is 4.61. The average molecular weight is 296 g/mol. The summed E-state index contributed by atoms with van der Waals surface area (Å²) in [6.45, 7) is 9.94. The van der Waals surface area contributed by atoms with E-state index in [1.54, 1.807) is 6.92 Å². The lowest BCUT2D eigenvalue weighted by Crippen LogP contribution is -2.37. The molecule has 0 radical (unpaired) electrons. The lowest BCUT2D eigenvalue weighted by atomic mass is 9.96. The molecule has 2 rings (SSSR count). The van der Waals surface area contributed by atoms with Crippen LogP contribution in [0.2, 0.25) is 0 Å². The van der Waals surface area contributed by atoms with Crippen molar-refractivity contribution >= 4 is 0 Å². The standard InChI is InChI=1S/C17H26F2N2/c1-4-21-7-5-14(6-8-21)11-20-13(3)15-10-16(18)12(2)9-17(15)19/h9-10,13-14,20H,4-8,11H2,1-3H3. The Balaban J connectivity index is 1.88. The zero-order valence-electron chi connectivity index (χ0n) is 13.3. The topological polar surface area (TPSA) is 15.3 Å². The zero-order valence-corrected chi connectivity index (χ0v) is 13.3. The summed E-state index contributed by atoms with van der Waals surface area (Å²) in [6, 6.07) is 2.44. The molecule has 1 saturated heterocycles. The number of hydrogen-bond donors (Lipinski definition) is 1. The molecule has 1 aromatic carbocycles. The van der Waals surface area contributed by atoms with Crippen LogP contribution in [0.15, 0.2) is 12.1 Å². The van der Waals surface area contributed by atoms with E-state index in [1.165, 1.54) is 25.0 Å². The van der Waals surface area contributed by atoms with Gasteiger partial charge in [-0.1, -0.05) is 6.92 Å². The van der Waals surface area contributed by atoms with Crippen molar-refractivity contribution in [1.29, 1.82) is 0 Å². The Labute approximate surface area is 126 Å². The van der Waals surface area contributed by atoms with Crippen LogP contribution in [-0.4, -0.2) is 31.1 Å². The summed E-state index contributed by atoms with van der Waals surface area (Å²) in [6.07, 6.45) is 2.36. The van der Waals surface area contributed by atoms with Gasteiger partial charge in [-0.05, 0) is 76.5 Å². The molecule has 1 atom stereocenters. The maximum Gasteiger partial charge on any atom is 0.128 e. The lowest BCUT2D eigenvalue weighted by molar-refractivity contribution is 0.188. The van der Waals surface area contributed by atoms with Crippen LogP contribution in [0.4, 0.5) is 8.78 Å². The molecule has 1 aliphatic rings. The third kappa shape index (κ3) is 4.24. The summed E-state index contributed by atoms with van der Waals surface area (Å²) < 4.78 is 27.5. The van der Waals surface area contributed by atoms with Crippen molar-refractivity contribution in [2.24, 2.45) is 5.92 Å². The van der Waals surface area contributed by atoms with Gasteiger partial charge in [0.05, 0.1) is 0 Å². The molecular weight excluding hydrogens is 270 g/mol. The van der Waals surface area contributed by atoms with E-state index in [4.69, 9.17) is 0 Å². The Morgan fingerprint density at radius 3 is 2.52 bits per heavy atom. The van der Waals surface area contributed by atoms with E-state index in [9.17, 15) is 8.78 Å². The predicted molar refractivity (Wildman–Crippen MR) is 82.4 cm³/mol. The van der Waals surface area contributed by atoms with Gasteiger partial charge in [-0.15, -0.1) is 0 Å². The van der Waals surface area contributed by atoms with Gasteiger partial charge < -0.3 is 10.2 Å². The largest absolute Gasteiger partial charge is 0.310 e. The second-order valence-electron chi connectivity index (χ2n) is 6.13. The number of hydrogen-bond acceptors (Lipinski definition) is 2. The summed E-state index contributed by atoms with van der Waals surface area (Å²) >= 11 is 0. The zero-order chi connectivity index (χ0) is 15.4. The molecular formula is C17H26F2N2. The lowest BCUT2D eigenvalue weighted by Gasteiger charge is -2.31. The quantitative estimate of drug-likeness (QED) is 0.892. The third-order valence-corrected chi connectivity index (χ3v) is 4.61. The molecule has 1 N–H and O–H groups in total. The van der Waals surface area contributed by atoms with Crippen molar-refractivity contribution in [2.75, 3.05) is 26.2 Å². The first-order chi connectivity index (χ1) is 10.0. The molecule has 21 heavy (non-hydrogen) atoms. The number of benzene rings is 1. The Kier molecular flexibility index (Phi) is 5.71. The van der Waals surface area contributed by atoms with Gasteiger partial charge in [0.1, 0.15) is 11.6 Å².